The first-order valence-corrected chi connectivity index (χ1v) is 18.3. The molecule has 0 unspecified atom stereocenters. The van der Waals surface area contributed by atoms with Crippen LogP contribution in [0.15, 0.2) is 24.3 Å². The molecule has 42 heavy (non-hydrogen) atoms. The summed E-state index contributed by atoms with van der Waals surface area (Å²) in [6, 6.07) is 7.75. The molecule has 0 spiro atoms. The predicted molar refractivity (Wildman–Crippen MR) is 184 cm³/mol. The molecule has 2 N–H and O–H groups in total. The molecule has 242 valence electrons. The summed E-state index contributed by atoms with van der Waals surface area (Å²) in [5.74, 6) is 0.475. The maximum atomic E-state index is 13.2. The van der Waals surface area contributed by atoms with Crippen LogP contribution in [0.4, 0.5) is 11.4 Å². The van der Waals surface area contributed by atoms with Crippen molar-refractivity contribution in [3.8, 4) is 0 Å². The fourth-order valence-corrected chi connectivity index (χ4v) is 5.92. The van der Waals surface area contributed by atoms with Crippen LogP contribution in [0.3, 0.4) is 0 Å². The number of carbonyl (C=O) groups excluding carboxylic acids is 2. The number of rotatable bonds is 28. The highest BCUT2D eigenvalue weighted by Gasteiger charge is 2.19. The standard InChI is InChI=1S/C38H68N2O2/c1-5-9-13-15-17-19-23-27-33(25-21-11-7-3)37(41)39-35-29-31-36(32-30-35)40-38(42)34(26-22-12-8-4)28-24-20-18-16-14-10-6-2/h29-34H,5-28H2,1-4H3,(H,39,41)(H,40,42)/t33-,34-/m0/s1. The fraction of sp³-hybridized carbons (Fsp3) is 0.789. The normalized spacial score (nSPS) is 12.7. The molecule has 2 amide bonds. The van der Waals surface area contributed by atoms with Gasteiger partial charge in [0.2, 0.25) is 11.8 Å². The van der Waals surface area contributed by atoms with Crippen molar-refractivity contribution in [1.82, 2.24) is 0 Å². The number of hydrogen-bond donors (Lipinski definition) is 2. The van der Waals surface area contributed by atoms with Crippen molar-refractivity contribution < 1.29 is 9.59 Å². The van der Waals surface area contributed by atoms with Crippen LogP contribution in [0.5, 0.6) is 0 Å². The lowest BCUT2D eigenvalue weighted by Crippen LogP contribution is -2.24. The molecule has 0 aromatic heterocycles. The Kier molecular flexibility index (Phi) is 24.3. The number of hydrogen-bond acceptors (Lipinski definition) is 2. The van der Waals surface area contributed by atoms with E-state index in [0.717, 1.165) is 62.7 Å². The SMILES string of the molecule is CCCCCCCCC[C@H](CCCCC)C(=O)Nc1ccc(NC(=O)[C@@H](CCCCC)CCCCCCCCC)cc1. The van der Waals surface area contributed by atoms with E-state index in [0.29, 0.717) is 0 Å². The lowest BCUT2D eigenvalue weighted by molar-refractivity contribution is -0.121. The molecule has 0 saturated heterocycles. The third kappa shape index (κ3) is 19.4. The van der Waals surface area contributed by atoms with E-state index < -0.39 is 0 Å². The third-order valence-corrected chi connectivity index (χ3v) is 8.79. The second kappa shape index (κ2) is 26.8. The Labute approximate surface area is 261 Å². The van der Waals surface area contributed by atoms with Crippen molar-refractivity contribution in [2.75, 3.05) is 10.6 Å². The Hall–Kier alpha value is -1.84. The lowest BCUT2D eigenvalue weighted by Gasteiger charge is -2.18. The molecule has 0 fully saturated rings. The molecule has 0 saturated carbocycles. The van der Waals surface area contributed by atoms with Gasteiger partial charge in [-0.2, -0.15) is 0 Å². The van der Waals surface area contributed by atoms with Crippen molar-refractivity contribution in [3.05, 3.63) is 24.3 Å². The van der Waals surface area contributed by atoms with Gasteiger partial charge in [-0.25, -0.2) is 0 Å². The van der Waals surface area contributed by atoms with Crippen LogP contribution in [0, 0.1) is 11.8 Å². The largest absolute Gasteiger partial charge is 0.326 e. The van der Waals surface area contributed by atoms with E-state index in [1.54, 1.807) is 0 Å². The van der Waals surface area contributed by atoms with E-state index in [2.05, 4.69) is 38.3 Å². The molecule has 0 aliphatic heterocycles. The summed E-state index contributed by atoms with van der Waals surface area (Å²) in [6.07, 6.45) is 28.8. The van der Waals surface area contributed by atoms with Crippen LogP contribution in [0.1, 0.15) is 182 Å². The predicted octanol–water partition coefficient (Wildman–Crippen LogP) is 12.2. The molecule has 0 radical (unpaired) electrons. The van der Waals surface area contributed by atoms with Gasteiger partial charge in [0.25, 0.3) is 0 Å². The highest BCUT2D eigenvalue weighted by molar-refractivity contribution is 5.94. The van der Waals surface area contributed by atoms with Gasteiger partial charge in [0.15, 0.2) is 0 Å². The second-order valence-electron chi connectivity index (χ2n) is 12.8. The molecule has 4 heteroatoms. The van der Waals surface area contributed by atoms with Crippen LogP contribution >= 0.6 is 0 Å². The van der Waals surface area contributed by atoms with E-state index in [-0.39, 0.29) is 23.7 Å². The topological polar surface area (TPSA) is 58.2 Å². The van der Waals surface area contributed by atoms with Crippen LogP contribution in [-0.4, -0.2) is 11.8 Å². The average molecular weight is 585 g/mol. The number of carbonyl (C=O) groups is 2. The lowest BCUT2D eigenvalue weighted by atomic mass is 9.93. The number of anilines is 2. The molecule has 1 aromatic carbocycles. The summed E-state index contributed by atoms with van der Waals surface area (Å²) >= 11 is 0. The van der Waals surface area contributed by atoms with Crippen molar-refractivity contribution >= 4 is 23.2 Å². The van der Waals surface area contributed by atoms with Crippen molar-refractivity contribution in [2.24, 2.45) is 11.8 Å². The molecule has 2 atom stereocenters. The summed E-state index contributed by atoms with van der Waals surface area (Å²) in [6.45, 7) is 8.95. The zero-order valence-electron chi connectivity index (χ0n) is 28.3. The minimum Gasteiger partial charge on any atom is -0.326 e. The van der Waals surface area contributed by atoms with Crippen molar-refractivity contribution in [3.63, 3.8) is 0 Å². The Bertz CT molecular complexity index is 711. The van der Waals surface area contributed by atoms with Crippen molar-refractivity contribution in [1.29, 1.82) is 0 Å². The fourth-order valence-electron chi connectivity index (χ4n) is 5.92. The third-order valence-electron chi connectivity index (χ3n) is 8.79. The minimum absolute atomic E-state index is 0.0853. The van der Waals surface area contributed by atoms with Gasteiger partial charge >= 0.3 is 0 Å². The number of nitrogens with one attached hydrogen (secondary N) is 2. The Morgan fingerprint density at radius 1 is 0.429 bits per heavy atom. The molecule has 1 rings (SSSR count). The van der Waals surface area contributed by atoms with E-state index >= 15 is 0 Å². The van der Waals surface area contributed by atoms with Gasteiger partial charge in [-0.1, -0.05) is 156 Å². The highest BCUT2D eigenvalue weighted by Crippen LogP contribution is 2.24. The quantitative estimate of drug-likeness (QED) is 0.0962. The van der Waals surface area contributed by atoms with Crippen LogP contribution in [0.25, 0.3) is 0 Å². The maximum absolute atomic E-state index is 13.2. The van der Waals surface area contributed by atoms with E-state index in [9.17, 15) is 9.59 Å². The summed E-state index contributed by atoms with van der Waals surface area (Å²) in [5.41, 5.74) is 1.64. The Morgan fingerprint density at radius 3 is 0.976 bits per heavy atom. The highest BCUT2D eigenvalue weighted by atomic mass is 16.2. The molecule has 0 bridgehead atoms. The van der Waals surface area contributed by atoms with Gasteiger partial charge in [-0.05, 0) is 49.9 Å². The number of amides is 2. The van der Waals surface area contributed by atoms with Crippen LogP contribution in [0.2, 0.25) is 0 Å². The first-order valence-electron chi connectivity index (χ1n) is 18.3. The molecule has 1 aromatic rings. The smallest absolute Gasteiger partial charge is 0.227 e. The van der Waals surface area contributed by atoms with Gasteiger partial charge < -0.3 is 10.6 Å². The molecular weight excluding hydrogens is 516 g/mol. The van der Waals surface area contributed by atoms with Gasteiger partial charge in [-0.15, -0.1) is 0 Å². The van der Waals surface area contributed by atoms with Gasteiger partial charge in [0, 0.05) is 23.2 Å². The Morgan fingerprint density at radius 2 is 0.667 bits per heavy atom. The average Bonchev–Trinajstić information content (AvgIpc) is 2.99. The minimum atomic E-state index is 0.0853. The van der Waals surface area contributed by atoms with E-state index in [1.807, 2.05) is 24.3 Å². The van der Waals surface area contributed by atoms with E-state index in [1.165, 1.54) is 103 Å². The van der Waals surface area contributed by atoms with E-state index in [4.69, 9.17) is 0 Å². The van der Waals surface area contributed by atoms with Crippen molar-refractivity contribution in [2.45, 2.75) is 182 Å². The zero-order valence-corrected chi connectivity index (χ0v) is 28.3. The van der Waals surface area contributed by atoms with Gasteiger partial charge in [-0.3, -0.25) is 9.59 Å². The monoisotopic (exact) mass is 585 g/mol. The summed E-state index contributed by atoms with van der Waals surface area (Å²) in [5, 5.41) is 6.35. The summed E-state index contributed by atoms with van der Waals surface area (Å²) < 4.78 is 0. The summed E-state index contributed by atoms with van der Waals surface area (Å²) in [4.78, 5) is 26.4. The second-order valence-corrected chi connectivity index (χ2v) is 12.8. The summed E-state index contributed by atoms with van der Waals surface area (Å²) in [7, 11) is 0. The maximum Gasteiger partial charge on any atom is 0.227 e. The van der Waals surface area contributed by atoms with Gasteiger partial charge in [0.05, 0.1) is 0 Å². The van der Waals surface area contributed by atoms with Crippen LogP contribution < -0.4 is 10.6 Å². The number of benzene rings is 1. The molecule has 0 heterocycles. The van der Waals surface area contributed by atoms with Crippen LogP contribution in [-0.2, 0) is 9.59 Å². The number of unbranched alkanes of at least 4 members (excludes halogenated alkanes) is 16. The zero-order chi connectivity index (χ0) is 30.7. The first kappa shape index (κ1) is 38.2. The molecule has 0 aliphatic rings. The Balaban J connectivity index is 2.59. The molecule has 0 aliphatic carbocycles. The molecular formula is C38H68N2O2. The molecule has 4 nitrogen and oxygen atoms in total. The van der Waals surface area contributed by atoms with Gasteiger partial charge in [0.1, 0.15) is 0 Å². The first-order chi connectivity index (χ1) is 20.5.